The highest BCUT2D eigenvalue weighted by Crippen LogP contribution is 2.16. The van der Waals surface area contributed by atoms with Gasteiger partial charge < -0.3 is 15.8 Å². The van der Waals surface area contributed by atoms with Gasteiger partial charge in [-0.1, -0.05) is 11.8 Å². The molecule has 0 radical (unpaired) electrons. The van der Waals surface area contributed by atoms with E-state index in [0.717, 1.165) is 30.7 Å². The first-order valence-electron chi connectivity index (χ1n) is 6.97. The summed E-state index contributed by atoms with van der Waals surface area (Å²) < 4.78 is 5.63. The molecule has 5 heteroatoms. The minimum absolute atomic E-state index is 0.0437. The second-order valence-electron chi connectivity index (χ2n) is 4.74. The Labute approximate surface area is 123 Å². The number of thiophene rings is 1. The van der Waals surface area contributed by atoms with Gasteiger partial charge in [0.2, 0.25) is 0 Å². The lowest BCUT2D eigenvalue weighted by atomic mass is 10.1. The third-order valence-corrected chi connectivity index (χ3v) is 4.05. The summed E-state index contributed by atoms with van der Waals surface area (Å²) in [5, 5.41) is 4.76. The van der Waals surface area contributed by atoms with E-state index in [1.165, 1.54) is 17.8 Å². The Morgan fingerprint density at radius 2 is 2.45 bits per heavy atom. The zero-order valence-electron chi connectivity index (χ0n) is 11.5. The van der Waals surface area contributed by atoms with Gasteiger partial charge in [-0.05, 0) is 31.7 Å². The minimum atomic E-state index is -0.0437. The standard InChI is InChI=1S/C15H20N2O2S/c16-7-3-5-14-10-12(11-20-14)15(18)17-8-6-13-4-1-2-9-19-13/h10-11,13H,1-2,4,6-9,16H2,(H,17,18). The Balaban J connectivity index is 1.75. The molecule has 0 saturated carbocycles. The van der Waals surface area contributed by atoms with Gasteiger partial charge in [0.05, 0.1) is 23.1 Å². The van der Waals surface area contributed by atoms with Gasteiger partial charge in [-0.2, -0.15) is 0 Å². The lowest BCUT2D eigenvalue weighted by Crippen LogP contribution is -2.29. The maximum Gasteiger partial charge on any atom is 0.252 e. The van der Waals surface area contributed by atoms with Gasteiger partial charge in [0.15, 0.2) is 0 Å². The Morgan fingerprint density at radius 3 is 3.20 bits per heavy atom. The van der Waals surface area contributed by atoms with E-state index in [0.29, 0.717) is 24.8 Å². The Morgan fingerprint density at radius 1 is 1.55 bits per heavy atom. The molecule has 2 heterocycles. The van der Waals surface area contributed by atoms with Crippen molar-refractivity contribution in [1.82, 2.24) is 5.32 Å². The van der Waals surface area contributed by atoms with Crippen LogP contribution >= 0.6 is 11.3 Å². The molecule has 0 aliphatic carbocycles. The summed E-state index contributed by atoms with van der Waals surface area (Å²) in [5.41, 5.74) is 5.99. The summed E-state index contributed by atoms with van der Waals surface area (Å²) in [6, 6.07) is 1.81. The van der Waals surface area contributed by atoms with Crippen molar-refractivity contribution < 1.29 is 9.53 Å². The number of carbonyl (C=O) groups is 1. The lowest BCUT2D eigenvalue weighted by Gasteiger charge is -2.22. The maximum absolute atomic E-state index is 12.0. The van der Waals surface area contributed by atoms with Crippen LogP contribution in [0.1, 0.15) is 40.9 Å². The first-order chi connectivity index (χ1) is 9.79. The molecule has 1 aromatic rings. The molecule has 1 unspecified atom stereocenters. The van der Waals surface area contributed by atoms with Crippen LogP contribution in [-0.2, 0) is 4.74 Å². The summed E-state index contributed by atoms with van der Waals surface area (Å²) in [6.07, 6.45) is 4.68. The molecular formula is C15H20N2O2S. The molecule has 20 heavy (non-hydrogen) atoms. The van der Waals surface area contributed by atoms with Crippen LogP contribution in [0.2, 0.25) is 0 Å². The fourth-order valence-corrected chi connectivity index (χ4v) is 2.90. The molecule has 1 aliphatic heterocycles. The zero-order chi connectivity index (χ0) is 14.2. The second-order valence-corrected chi connectivity index (χ2v) is 5.65. The van der Waals surface area contributed by atoms with Crippen molar-refractivity contribution in [2.75, 3.05) is 19.7 Å². The van der Waals surface area contributed by atoms with Crippen LogP contribution < -0.4 is 11.1 Å². The van der Waals surface area contributed by atoms with Gasteiger partial charge in [0.1, 0.15) is 0 Å². The summed E-state index contributed by atoms with van der Waals surface area (Å²) in [5.74, 6) is 5.67. The highest BCUT2D eigenvalue weighted by atomic mass is 32.1. The Bertz CT molecular complexity index is 495. The quantitative estimate of drug-likeness (QED) is 0.831. The number of nitrogens with two attached hydrogens (primary N) is 1. The minimum Gasteiger partial charge on any atom is -0.378 e. The van der Waals surface area contributed by atoms with Gasteiger partial charge in [0, 0.05) is 18.5 Å². The molecule has 1 saturated heterocycles. The Hall–Kier alpha value is -1.35. The van der Waals surface area contributed by atoms with E-state index in [9.17, 15) is 4.79 Å². The van der Waals surface area contributed by atoms with Gasteiger partial charge in [-0.3, -0.25) is 4.79 Å². The Kier molecular flexibility index (Phi) is 6.06. The van der Waals surface area contributed by atoms with Gasteiger partial charge in [0.25, 0.3) is 5.91 Å². The van der Waals surface area contributed by atoms with Crippen molar-refractivity contribution in [1.29, 1.82) is 0 Å². The van der Waals surface area contributed by atoms with E-state index in [1.54, 1.807) is 6.07 Å². The van der Waals surface area contributed by atoms with Gasteiger partial charge in [-0.25, -0.2) is 0 Å². The number of nitrogens with one attached hydrogen (secondary N) is 1. The van der Waals surface area contributed by atoms with Crippen LogP contribution in [-0.4, -0.2) is 31.7 Å². The van der Waals surface area contributed by atoms with Crippen molar-refractivity contribution in [3.8, 4) is 11.8 Å². The molecule has 1 fully saturated rings. The molecule has 1 aliphatic rings. The number of carbonyl (C=O) groups excluding carboxylic acids is 1. The zero-order valence-corrected chi connectivity index (χ0v) is 12.3. The second kappa shape index (κ2) is 8.05. The molecule has 1 amide bonds. The summed E-state index contributed by atoms with van der Waals surface area (Å²) in [4.78, 5) is 12.8. The van der Waals surface area contributed by atoms with E-state index in [2.05, 4.69) is 17.2 Å². The van der Waals surface area contributed by atoms with Crippen molar-refractivity contribution >= 4 is 17.2 Å². The normalized spacial score (nSPS) is 18.1. The third kappa shape index (κ3) is 4.64. The summed E-state index contributed by atoms with van der Waals surface area (Å²) in [7, 11) is 0. The predicted octanol–water partition coefficient (Wildman–Crippen LogP) is 1.75. The SMILES string of the molecule is NCC#Cc1cc(C(=O)NCCC2CCCCO2)cs1. The largest absolute Gasteiger partial charge is 0.378 e. The highest BCUT2D eigenvalue weighted by Gasteiger charge is 2.14. The smallest absolute Gasteiger partial charge is 0.252 e. The average molecular weight is 292 g/mol. The molecule has 1 atom stereocenters. The highest BCUT2D eigenvalue weighted by molar-refractivity contribution is 7.10. The number of ether oxygens (including phenoxy) is 1. The van der Waals surface area contributed by atoms with Crippen LogP contribution in [0.5, 0.6) is 0 Å². The van der Waals surface area contributed by atoms with Crippen molar-refractivity contribution in [2.45, 2.75) is 31.8 Å². The van der Waals surface area contributed by atoms with Crippen molar-refractivity contribution in [3.63, 3.8) is 0 Å². The van der Waals surface area contributed by atoms with Gasteiger partial charge >= 0.3 is 0 Å². The van der Waals surface area contributed by atoms with E-state index >= 15 is 0 Å². The molecule has 0 aromatic carbocycles. The van der Waals surface area contributed by atoms with Gasteiger partial charge in [-0.15, -0.1) is 11.3 Å². The molecule has 2 rings (SSSR count). The molecule has 4 nitrogen and oxygen atoms in total. The average Bonchev–Trinajstić information content (AvgIpc) is 2.95. The summed E-state index contributed by atoms with van der Waals surface area (Å²) >= 11 is 1.46. The van der Waals surface area contributed by atoms with Crippen molar-refractivity contribution in [3.05, 3.63) is 21.9 Å². The van der Waals surface area contributed by atoms with E-state index < -0.39 is 0 Å². The fourth-order valence-electron chi connectivity index (χ4n) is 2.14. The van der Waals surface area contributed by atoms with E-state index in [4.69, 9.17) is 10.5 Å². The molecular weight excluding hydrogens is 272 g/mol. The maximum atomic E-state index is 12.0. The van der Waals surface area contributed by atoms with Crippen LogP contribution in [0, 0.1) is 11.8 Å². The molecule has 0 spiro atoms. The molecule has 108 valence electrons. The number of rotatable bonds is 4. The van der Waals surface area contributed by atoms with E-state index in [1.807, 2.05) is 5.38 Å². The summed E-state index contributed by atoms with van der Waals surface area (Å²) in [6.45, 7) is 1.84. The molecule has 0 bridgehead atoms. The number of hydrogen-bond donors (Lipinski definition) is 2. The topological polar surface area (TPSA) is 64.4 Å². The van der Waals surface area contributed by atoms with Crippen molar-refractivity contribution in [2.24, 2.45) is 5.73 Å². The monoisotopic (exact) mass is 292 g/mol. The third-order valence-electron chi connectivity index (χ3n) is 3.20. The molecule has 3 N–H and O–H groups in total. The lowest BCUT2D eigenvalue weighted by molar-refractivity contribution is 0.0117. The predicted molar refractivity (Wildman–Crippen MR) is 80.8 cm³/mol. The first kappa shape index (κ1) is 15.0. The van der Waals surface area contributed by atoms with Crippen LogP contribution in [0.15, 0.2) is 11.4 Å². The van der Waals surface area contributed by atoms with Crippen LogP contribution in [0.3, 0.4) is 0 Å². The fraction of sp³-hybridized carbons (Fsp3) is 0.533. The first-order valence-corrected chi connectivity index (χ1v) is 7.85. The van der Waals surface area contributed by atoms with Crippen LogP contribution in [0.25, 0.3) is 0 Å². The number of hydrogen-bond acceptors (Lipinski definition) is 4. The van der Waals surface area contributed by atoms with Crippen LogP contribution in [0.4, 0.5) is 0 Å². The number of amides is 1. The molecule has 1 aromatic heterocycles. The van der Waals surface area contributed by atoms with E-state index in [-0.39, 0.29) is 5.91 Å².